The number of fused-ring (bicyclic) bond motifs is 1. The molecule has 1 aromatic heterocycles. The van der Waals surface area contributed by atoms with Crippen LogP contribution in [0.2, 0.25) is 0 Å². The van der Waals surface area contributed by atoms with Crippen molar-refractivity contribution in [2.24, 2.45) is 10.9 Å². The molecule has 0 radical (unpaired) electrons. The highest BCUT2D eigenvalue weighted by molar-refractivity contribution is 5.89. The first-order chi connectivity index (χ1) is 13.7. The van der Waals surface area contributed by atoms with Crippen LogP contribution in [0.25, 0.3) is 10.9 Å². The Hall–Kier alpha value is -2.61. The molecule has 5 heteroatoms. The molecule has 1 aliphatic heterocycles. The standard InChI is InChI=1S/C23H25FN4/c1-15(16-7-8-16)27-12-4-11-26-23(27)22-20(14-25)19-13-17(24)9-10-21(19)28(22)18-5-2-3-6-18/h4,9-13,15-16,18,23H,2-3,5-8H2,1H3/t15-,23?/m0/s1. The number of nitriles is 1. The Bertz CT molecular complexity index is 1000. The molecule has 5 rings (SSSR count). The van der Waals surface area contributed by atoms with Crippen molar-refractivity contribution in [3.05, 3.63) is 47.5 Å². The van der Waals surface area contributed by atoms with E-state index < -0.39 is 0 Å². The van der Waals surface area contributed by atoms with Gasteiger partial charge in [0.05, 0.1) is 16.8 Å². The minimum Gasteiger partial charge on any atom is -0.348 e. The monoisotopic (exact) mass is 376 g/mol. The summed E-state index contributed by atoms with van der Waals surface area (Å²) in [5, 5.41) is 10.8. The van der Waals surface area contributed by atoms with Crippen LogP contribution in [0.3, 0.4) is 0 Å². The number of aromatic nitrogens is 1. The average molecular weight is 376 g/mol. The van der Waals surface area contributed by atoms with Gasteiger partial charge >= 0.3 is 0 Å². The van der Waals surface area contributed by atoms with E-state index in [2.05, 4.69) is 28.7 Å². The zero-order chi connectivity index (χ0) is 19.3. The lowest BCUT2D eigenvalue weighted by molar-refractivity contribution is 0.192. The molecule has 2 aliphatic carbocycles. The Labute approximate surface area is 165 Å². The summed E-state index contributed by atoms with van der Waals surface area (Å²) in [6.07, 6.45) is 12.8. The van der Waals surface area contributed by atoms with Crippen LogP contribution < -0.4 is 0 Å². The maximum Gasteiger partial charge on any atom is 0.163 e. The number of aliphatic imine (C=N–C) groups is 1. The molecule has 2 fully saturated rings. The third-order valence-corrected chi connectivity index (χ3v) is 6.68. The van der Waals surface area contributed by atoms with Crippen molar-refractivity contribution in [1.82, 2.24) is 9.47 Å². The van der Waals surface area contributed by atoms with Gasteiger partial charge < -0.3 is 9.47 Å². The minimum atomic E-state index is -0.297. The van der Waals surface area contributed by atoms with Gasteiger partial charge in [-0.1, -0.05) is 12.8 Å². The van der Waals surface area contributed by atoms with E-state index in [9.17, 15) is 9.65 Å². The van der Waals surface area contributed by atoms with Crippen molar-refractivity contribution in [3.63, 3.8) is 0 Å². The largest absolute Gasteiger partial charge is 0.348 e. The SMILES string of the molecule is C[C@@H](C1CC1)N1C=CC=NC1c1c(C#N)c2cc(F)ccc2n1C1CCCC1. The molecule has 1 aromatic carbocycles. The van der Waals surface area contributed by atoms with Crippen molar-refractivity contribution in [2.75, 3.05) is 0 Å². The molecule has 3 aliphatic rings. The third-order valence-electron chi connectivity index (χ3n) is 6.68. The molecule has 0 bridgehead atoms. The zero-order valence-corrected chi connectivity index (χ0v) is 16.2. The topological polar surface area (TPSA) is 44.3 Å². The Morgan fingerprint density at radius 3 is 2.71 bits per heavy atom. The molecular formula is C23H25FN4. The average Bonchev–Trinajstić information content (AvgIpc) is 3.33. The van der Waals surface area contributed by atoms with Crippen LogP contribution in [0.5, 0.6) is 0 Å². The van der Waals surface area contributed by atoms with Crippen molar-refractivity contribution in [3.8, 4) is 6.07 Å². The van der Waals surface area contributed by atoms with E-state index in [1.807, 2.05) is 18.4 Å². The second-order valence-corrected chi connectivity index (χ2v) is 8.38. The third kappa shape index (κ3) is 2.74. The molecule has 0 amide bonds. The summed E-state index contributed by atoms with van der Waals surface area (Å²) < 4.78 is 16.4. The second-order valence-electron chi connectivity index (χ2n) is 8.38. The number of allylic oxidation sites excluding steroid dienone is 1. The molecule has 0 spiro atoms. The number of benzene rings is 1. The predicted octanol–water partition coefficient (Wildman–Crippen LogP) is 5.46. The first-order valence-electron chi connectivity index (χ1n) is 10.4. The van der Waals surface area contributed by atoms with Crippen molar-refractivity contribution < 1.29 is 4.39 Å². The Kier molecular flexibility index (Phi) is 4.23. The first kappa shape index (κ1) is 17.5. The fourth-order valence-electron chi connectivity index (χ4n) is 5.05. The normalized spacial score (nSPS) is 23.5. The summed E-state index contributed by atoms with van der Waals surface area (Å²) >= 11 is 0. The first-order valence-corrected chi connectivity index (χ1v) is 10.4. The quantitative estimate of drug-likeness (QED) is 0.711. The van der Waals surface area contributed by atoms with Gasteiger partial charge in [-0.25, -0.2) is 4.39 Å². The van der Waals surface area contributed by atoms with E-state index in [-0.39, 0.29) is 12.0 Å². The second kappa shape index (κ2) is 6.77. The number of hydrogen-bond acceptors (Lipinski definition) is 3. The van der Waals surface area contributed by atoms with Gasteiger partial charge in [0.25, 0.3) is 0 Å². The molecule has 2 heterocycles. The lowest BCUT2D eigenvalue weighted by atomic mass is 10.1. The fraction of sp³-hybridized carbons (Fsp3) is 0.478. The predicted molar refractivity (Wildman–Crippen MR) is 109 cm³/mol. The van der Waals surface area contributed by atoms with E-state index in [0.29, 0.717) is 29.0 Å². The summed E-state index contributed by atoms with van der Waals surface area (Å²) in [5.41, 5.74) is 2.47. The molecule has 2 aromatic rings. The van der Waals surface area contributed by atoms with Crippen LogP contribution in [-0.2, 0) is 0 Å². The highest BCUT2D eigenvalue weighted by Gasteiger charge is 2.38. The summed E-state index contributed by atoms with van der Waals surface area (Å²) in [6, 6.07) is 7.98. The van der Waals surface area contributed by atoms with E-state index in [1.54, 1.807) is 0 Å². The van der Waals surface area contributed by atoms with Gasteiger partial charge in [-0.2, -0.15) is 5.26 Å². The van der Waals surface area contributed by atoms with Crippen LogP contribution in [0.1, 0.15) is 68.9 Å². The van der Waals surface area contributed by atoms with Gasteiger partial charge in [-0.15, -0.1) is 0 Å². The van der Waals surface area contributed by atoms with Gasteiger partial charge in [-0.3, -0.25) is 4.99 Å². The smallest absolute Gasteiger partial charge is 0.163 e. The van der Waals surface area contributed by atoms with Gasteiger partial charge in [0, 0.05) is 29.9 Å². The van der Waals surface area contributed by atoms with Crippen molar-refractivity contribution in [2.45, 2.75) is 63.7 Å². The fourth-order valence-corrected chi connectivity index (χ4v) is 5.05. The van der Waals surface area contributed by atoms with Crippen molar-refractivity contribution in [1.29, 1.82) is 5.26 Å². The van der Waals surface area contributed by atoms with Gasteiger partial charge in [0.15, 0.2) is 6.17 Å². The Morgan fingerprint density at radius 1 is 1.21 bits per heavy atom. The maximum absolute atomic E-state index is 14.1. The zero-order valence-electron chi connectivity index (χ0n) is 16.2. The molecule has 1 unspecified atom stereocenters. The molecule has 144 valence electrons. The molecule has 0 saturated heterocycles. The highest BCUT2D eigenvalue weighted by atomic mass is 19.1. The molecule has 0 N–H and O–H groups in total. The summed E-state index contributed by atoms with van der Waals surface area (Å²) in [6.45, 7) is 2.25. The van der Waals surface area contributed by atoms with Crippen LogP contribution in [0.15, 0.2) is 35.5 Å². The van der Waals surface area contributed by atoms with E-state index >= 15 is 0 Å². The number of nitrogens with zero attached hydrogens (tertiary/aromatic N) is 4. The van der Waals surface area contributed by atoms with E-state index in [0.717, 1.165) is 24.1 Å². The minimum absolute atomic E-state index is 0.230. The molecule has 2 saturated carbocycles. The number of rotatable bonds is 4. The van der Waals surface area contributed by atoms with E-state index in [1.165, 1.54) is 37.8 Å². The van der Waals surface area contributed by atoms with Gasteiger partial charge in [0.2, 0.25) is 0 Å². The molecule has 28 heavy (non-hydrogen) atoms. The molecular weight excluding hydrogens is 351 g/mol. The van der Waals surface area contributed by atoms with Crippen LogP contribution in [0.4, 0.5) is 4.39 Å². The number of halogens is 1. The van der Waals surface area contributed by atoms with E-state index in [4.69, 9.17) is 4.99 Å². The molecule has 2 atom stereocenters. The summed E-state index contributed by atoms with van der Waals surface area (Å²) in [7, 11) is 0. The maximum atomic E-state index is 14.1. The summed E-state index contributed by atoms with van der Waals surface area (Å²) in [4.78, 5) is 7.12. The lowest BCUT2D eigenvalue weighted by Crippen LogP contribution is -2.35. The lowest BCUT2D eigenvalue weighted by Gasteiger charge is -2.36. The van der Waals surface area contributed by atoms with Gasteiger partial charge in [-0.05, 0) is 62.8 Å². The van der Waals surface area contributed by atoms with Crippen LogP contribution in [-0.4, -0.2) is 21.7 Å². The van der Waals surface area contributed by atoms with Crippen LogP contribution >= 0.6 is 0 Å². The Balaban J connectivity index is 1.73. The summed E-state index contributed by atoms with van der Waals surface area (Å²) in [5.74, 6) is 0.391. The number of hydrogen-bond donors (Lipinski definition) is 0. The van der Waals surface area contributed by atoms with Gasteiger partial charge in [0.1, 0.15) is 11.9 Å². The molecule has 4 nitrogen and oxygen atoms in total. The highest BCUT2D eigenvalue weighted by Crippen LogP contribution is 2.44. The van der Waals surface area contributed by atoms with Crippen molar-refractivity contribution >= 4 is 17.1 Å². The van der Waals surface area contributed by atoms with Crippen LogP contribution in [0, 0.1) is 23.1 Å². The Morgan fingerprint density at radius 2 is 2.00 bits per heavy atom.